The van der Waals surface area contributed by atoms with E-state index in [1.165, 1.54) is 11.8 Å². The van der Waals surface area contributed by atoms with Gasteiger partial charge in [0, 0.05) is 12.2 Å². The maximum absolute atomic E-state index is 12.5. The van der Waals surface area contributed by atoms with Gasteiger partial charge in [-0.25, -0.2) is 4.98 Å². The van der Waals surface area contributed by atoms with Crippen molar-refractivity contribution in [3.05, 3.63) is 66.5 Å². The Morgan fingerprint density at radius 1 is 1.12 bits per heavy atom. The van der Waals surface area contributed by atoms with Crippen molar-refractivity contribution < 1.29 is 9.53 Å². The molecule has 0 bridgehead atoms. The Kier molecular flexibility index (Phi) is 6.27. The van der Waals surface area contributed by atoms with Crippen molar-refractivity contribution in [2.24, 2.45) is 0 Å². The number of rotatable bonds is 8. The topological polar surface area (TPSA) is 71.1 Å². The molecule has 2 aromatic carbocycles. The van der Waals surface area contributed by atoms with Crippen LogP contribution in [0.15, 0.2) is 65.8 Å². The summed E-state index contributed by atoms with van der Waals surface area (Å²) in [6.45, 7) is 2.88. The van der Waals surface area contributed by atoms with Gasteiger partial charge < -0.3 is 9.64 Å². The van der Waals surface area contributed by atoms with Gasteiger partial charge in [-0.05, 0) is 31.2 Å². The number of amides is 1. The largest absolute Gasteiger partial charge is 0.486 e. The summed E-state index contributed by atoms with van der Waals surface area (Å²) in [6, 6.07) is 19.2. The summed E-state index contributed by atoms with van der Waals surface area (Å²) in [7, 11) is 0. The van der Waals surface area contributed by atoms with Crippen molar-refractivity contribution >= 4 is 23.4 Å². The van der Waals surface area contributed by atoms with E-state index in [-0.39, 0.29) is 11.7 Å². The molecule has 3 rings (SSSR count). The Bertz CT molecular complexity index is 824. The molecule has 1 heterocycles. The van der Waals surface area contributed by atoms with Crippen LogP contribution in [0.4, 0.5) is 5.69 Å². The van der Waals surface area contributed by atoms with Crippen LogP contribution in [0.1, 0.15) is 12.7 Å². The Balaban J connectivity index is 1.51. The molecule has 7 heteroatoms. The van der Waals surface area contributed by atoms with Gasteiger partial charge in [0.05, 0.1) is 5.75 Å². The fourth-order valence-electron chi connectivity index (χ4n) is 2.39. The van der Waals surface area contributed by atoms with Gasteiger partial charge in [-0.2, -0.15) is 0 Å². The Morgan fingerprint density at radius 2 is 1.81 bits per heavy atom. The maximum atomic E-state index is 12.5. The number of anilines is 1. The lowest BCUT2D eigenvalue weighted by atomic mass is 10.3. The zero-order valence-corrected chi connectivity index (χ0v) is 15.3. The first kappa shape index (κ1) is 18.0. The second-order valence-corrected chi connectivity index (χ2v) is 6.37. The molecule has 1 N–H and O–H groups in total. The van der Waals surface area contributed by atoms with Crippen LogP contribution in [-0.2, 0) is 11.4 Å². The van der Waals surface area contributed by atoms with Gasteiger partial charge in [-0.1, -0.05) is 48.2 Å². The minimum Gasteiger partial charge on any atom is -0.486 e. The molecular weight excluding hydrogens is 348 g/mol. The van der Waals surface area contributed by atoms with Crippen LogP contribution in [0.25, 0.3) is 0 Å². The molecule has 26 heavy (non-hydrogen) atoms. The molecule has 0 atom stereocenters. The number of thioether (sulfide) groups is 1. The van der Waals surface area contributed by atoms with E-state index >= 15 is 0 Å². The quantitative estimate of drug-likeness (QED) is 0.616. The fourth-order valence-corrected chi connectivity index (χ4v) is 3.08. The third-order valence-corrected chi connectivity index (χ3v) is 4.47. The van der Waals surface area contributed by atoms with Crippen molar-refractivity contribution in [1.29, 1.82) is 0 Å². The molecule has 0 spiro atoms. The van der Waals surface area contributed by atoms with Crippen LogP contribution in [-0.4, -0.2) is 33.4 Å². The van der Waals surface area contributed by atoms with E-state index in [2.05, 4.69) is 15.2 Å². The van der Waals surface area contributed by atoms with Gasteiger partial charge >= 0.3 is 0 Å². The molecular formula is C19H20N4O2S. The summed E-state index contributed by atoms with van der Waals surface area (Å²) in [6.07, 6.45) is 0. The second kappa shape index (κ2) is 9.05. The Hall–Kier alpha value is -2.80. The van der Waals surface area contributed by atoms with Gasteiger partial charge in [-0.15, -0.1) is 5.10 Å². The molecule has 1 amide bonds. The van der Waals surface area contributed by atoms with E-state index in [4.69, 9.17) is 4.74 Å². The minimum atomic E-state index is 0.0237. The normalized spacial score (nSPS) is 10.5. The number of aromatic amines is 1. The number of ether oxygens (including phenoxy) is 1. The number of nitrogens with zero attached hydrogens (tertiary/aromatic N) is 3. The maximum Gasteiger partial charge on any atom is 0.237 e. The summed E-state index contributed by atoms with van der Waals surface area (Å²) < 4.78 is 5.63. The van der Waals surface area contributed by atoms with Crippen molar-refractivity contribution in [3.8, 4) is 5.75 Å². The number of aromatic nitrogens is 3. The third-order valence-electron chi connectivity index (χ3n) is 3.64. The van der Waals surface area contributed by atoms with E-state index in [9.17, 15) is 4.79 Å². The molecule has 0 fully saturated rings. The van der Waals surface area contributed by atoms with Crippen LogP contribution in [0, 0.1) is 0 Å². The smallest absolute Gasteiger partial charge is 0.237 e. The van der Waals surface area contributed by atoms with Crippen molar-refractivity contribution in [2.45, 2.75) is 18.7 Å². The highest BCUT2D eigenvalue weighted by molar-refractivity contribution is 7.99. The predicted molar refractivity (Wildman–Crippen MR) is 102 cm³/mol. The highest BCUT2D eigenvalue weighted by Gasteiger charge is 2.15. The van der Waals surface area contributed by atoms with Crippen molar-refractivity contribution in [2.75, 3.05) is 17.2 Å². The van der Waals surface area contributed by atoms with E-state index in [1.807, 2.05) is 67.6 Å². The Labute approximate surface area is 156 Å². The number of hydrogen-bond acceptors (Lipinski definition) is 5. The van der Waals surface area contributed by atoms with Crippen LogP contribution in [0.5, 0.6) is 5.75 Å². The molecule has 0 radical (unpaired) electrons. The lowest BCUT2D eigenvalue weighted by Crippen LogP contribution is -2.32. The average molecular weight is 368 g/mol. The summed E-state index contributed by atoms with van der Waals surface area (Å²) >= 11 is 1.31. The third kappa shape index (κ3) is 4.86. The average Bonchev–Trinajstić information content (AvgIpc) is 3.15. The number of H-pyrrole nitrogens is 1. The van der Waals surface area contributed by atoms with E-state index < -0.39 is 0 Å². The zero-order chi connectivity index (χ0) is 18.2. The fraction of sp³-hybridized carbons (Fsp3) is 0.211. The number of benzene rings is 2. The number of carbonyl (C=O) groups is 1. The zero-order valence-electron chi connectivity index (χ0n) is 14.5. The van der Waals surface area contributed by atoms with Gasteiger partial charge in [0.2, 0.25) is 11.1 Å². The highest BCUT2D eigenvalue weighted by atomic mass is 32.2. The first-order valence-corrected chi connectivity index (χ1v) is 9.32. The van der Waals surface area contributed by atoms with Crippen LogP contribution < -0.4 is 9.64 Å². The number of nitrogens with one attached hydrogen (secondary N) is 1. The summed E-state index contributed by atoms with van der Waals surface area (Å²) in [5.41, 5.74) is 0.896. The van der Waals surface area contributed by atoms with Gasteiger partial charge in [0.25, 0.3) is 0 Å². The molecule has 0 aliphatic carbocycles. The first-order chi connectivity index (χ1) is 12.8. The van der Waals surface area contributed by atoms with E-state index in [1.54, 1.807) is 4.90 Å². The predicted octanol–water partition coefficient (Wildman–Crippen LogP) is 3.53. The highest BCUT2D eigenvalue weighted by Crippen LogP contribution is 2.18. The molecule has 6 nitrogen and oxygen atoms in total. The van der Waals surface area contributed by atoms with Crippen molar-refractivity contribution in [1.82, 2.24) is 15.2 Å². The van der Waals surface area contributed by atoms with Crippen LogP contribution in [0.3, 0.4) is 0 Å². The lowest BCUT2D eigenvalue weighted by molar-refractivity contribution is -0.116. The second-order valence-electron chi connectivity index (χ2n) is 5.43. The summed E-state index contributed by atoms with van der Waals surface area (Å²) in [5.74, 6) is 1.70. The van der Waals surface area contributed by atoms with Gasteiger partial charge in [0.1, 0.15) is 12.4 Å². The number of hydrogen-bond donors (Lipinski definition) is 1. The Morgan fingerprint density at radius 3 is 2.50 bits per heavy atom. The molecule has 1 aromatic heterocycles. The number of para-hydroxylation sites is 2. The summed E-state index contributed by atoms with van der Waals surface area (Å²) in [4.78, 5) is 18.6. The SMILES string of the molecule is CCN(C(=O)CSc1n[nH]c(COc2ccccc2)n1)c1ccccc1. The lowest BCUT2D eigenvalue weighted by Gasteiger charge is -2.20. The molecule has 0 saturated heterocycles. The monoisotopic (exact) mass is 368 g/mol. The molecule has 3 aromatic rings. The molecule has 0 aliphatic rings. The standard InChI is InChI=1S/C19H20N4O2S/c1-2-23(15-9-5-3-6-10-15)18(24)14-26-19-20-17(21-22-19)13-25-16-11-7-4-8-12-16/h3-12H,2,13-14H2,1H3,(H,20,21,22). The first-order valence-electron chi connectivity index (χ1n) is 8.33. The van der Waals surface area contributed by atoms with Crippen LogP contribution in [0.2, 0.25) is 0 Å². The van der Waals surface area contributed by atoms with E-state index in [0.717, 1.165) is 11.4 Å². The molecule has 0 aliphatic heterocycles. The minimum absolute atomic E-state index is 0.0237. The molecule has 134 valence electrons. The van der Waals surface area contributed by atoms with E-state index in [0.29, 0.717) is 24.1 Å². The van der Waals surface area contributed by atoms with Gasteiger partial charge in [-0.3, -0.25) is 9.89 Å². The summed E-state index contributed by atoms with van der Waals surface area (Å²) in [5, 5.41) is 7.51. The molecule has 0 saturated carbocycles. The van der Waals surface area contributed by atoms with Gasteiger partial charge in [0.15, 0.2) is 5.82 Å². The molecule has 0 unspecified atom stereocenters. The van der Waals surface area contributed by atoms with Crippen molar-refractivity contribution in [3.63, 3.8) is 0 Å². The van der Waals surface area contributed by atoms with Crippen LogP contribution >= 0.6 is 11.8 Å². The number of carbonyl (C=O) groups excluding carboxylic acids is 1.